The van der Waals surface area contributed by atoms with Crippen LogP contribution in [0.25, 0.3) is 0 Å². The van der Waals surface area contributed by atoms with Crippen molar-refractivity contribution >= 4 is 21.6 Å². The molecule has 0 aliphatic carbocycles. The molecule has 1 atom stereocenters. The van der Waals surface area contributed by atoms with Crippen molar-refractivity contribution in [2.75, 3.05) is 40.1 Å². The Morgan fingerprint density at radius 3 is 2.65 bits per heavy atom. The quantitative estimate of drug-likeness (QED) is 0.789. The number of nitrogens with zero attached hydrogens (tertiary/aromatic N) is 1. The van der Waals surface area contributed by atoms with Gasteiger partial charge in [0.25, 0.3) is 0 Å². The van der Waals surface area contributed by atoms with Crippen LogP contribution < -0.4 is 4.72 Å². The average molecular weight is 321 g/mol. The highest BCUT2D eigenvalue weighted by Gasteiger charge is 2.18. The van der Waals surface area contributed by atoms with Crippen molar-refractivity contribution in [3.8, 4) is 0 Å². The summed E-state index contributed by atoms with van der Waals surface area (Å²) in [5, 5.41) is 0.636. The lowest BCUT2D eigenvalue weighted by atomic mass is 10.1. The molecule has 0 aliphatic heterocycles. The smallest absolute Gasteiger partial charge is 0.213 e. The zero-order valence-electron chi connectivity index (χ0n) is 12.0. The van der Waals surface area contributed by atoms with Crippen LogP contribution >= 0.6 is 11.6 Å². The lowest BCUT2D eigenvalue weighted by Gasteiger charge is -2.25. The van der Waals surface area contributed by atoms with Gasteiger partial charge in [-0.3, -0.25) is 0 Å². The van der Waals surface area contributed by atoms with Gasteiger partial charge in [0.1, 0.15) is 0 Å². The summed E-state index contributed by atoms with van der Waals surface area (Å²) in [6.07, 6.45) is 0. The largest absolute Gasteiger partial charge is 0.384 e. The van der Waals surface area contributed by atoms with Crippen LogP contribution in [0.4, 0.5) is 0 Å². The molecule has 114 valence electrons. The van der Waals surface area contributed by atoms with E-state index < -0.39 is 10.0 Å². The maximum Gasteiger partial charge on any atom is 0.213 e. The number of likely N-dealkylation sites (N-methyl/N-ethyl adjacent to an activating group) is 1. The van der Waals surface area contributed by atoms with Crippen LogP contribution in [-0.2, 0) is 14.8 Å². The van der Waals surface area contributed by atoms with Crippen molar-refractivity contribution < 1.29 is 13.2 Å². The second-order valence-electron chi connectivity index (χ2n) is 4.69. The number of ether oxygens (including phenoxy) is 1. The van der Waals surface area contributed by atoms with Crippen molar-refractivity contribution in [2.45, 2.75) is 6.04 Å². The molecule has 0 saturated carbocycles. The molecule has 5 nitrogen and oxygen atoms in total. The van der Waals surface area contributed by atoms with Crippen LogP contribution in [0.15, 0.2) is 24.3 Å². The van der Waals surface area contributed by atoms with E-state index in [1.54, 1.807) is 6.07 Å². The third kappa shape index (κ3) is 5.76. The molecule has 1 N–H and O–H groups in total. The number of halogens is 1. The molecule has 1 rings (SSSR count). The molecule has 7 heteroatoms. The minimum Gasteiger partial charge on any atom is -0.384 e. The van der Waals surface area contributed by atoms with Gasteiger partial charge in [-0.25, -0.2) is 13.1 Å². The third-order valence-electron chi connectivity index (χ3n) is 2.91. The first kappa shape index (κ1) is 17.4. The zero-order chi connectivity index (χ0) is 15.2. The van der Waals surface area contributed by atoms with Crippen molar-refractivity contribution in [1.82, 2.24) is 9.62 Å². The molecule has 1 unspecified atom stereocenters. The van der Waals surface area contributed by atoms with Crippen LogP contribution in [0.3, 0.4) is 0 Å². The molecule has 0 radical (unpaired) electrons. The first-order valence-corrected chi connectivity index (χ1v) is 8.27. The lowest BCUT2D eigenvalue weighted by Crippen LogP contribution is -2.36. The van der Waals surface area contributed by atoms with Gasteiger partial charge < -0.3 is 9.64 Å². The third-order valence-corrected chi connectivity index (χ3v) is 4.46. The van der Waals surface area contributed by atoms with Crippen molar-refractivity contribution in [3.63, 3.8) is 0 Å². The Morgan fingerprint density at radius 2 is 2.10 bits per heavy atom. The van der Waals surface area contributed by atoms with Gasteiger partial charge in [-0.1, -0.05) is 23.7 Å². The van der Waals surface area contributed by atoms with Crippen molar-refractivity contribution in [1.29, 1.82) is 0 Å². The zero-order valence-corrected chi connectivity index (χ0v) is 13.5. The summed E-state index contributed by atoms with van der Waals surface area (Å²) >= 11 is 5.98. The Balaban J connectivity index is 2.74. The highest BCUT2D eigenvalue weighted by molar-refractivity contribution is 7.89. The maximum absolute atomic E-state index is 11.8. The summed E-state index contributed by atoms with van der Waals surface area (Å²) in [5.41, 5.74) is 0.969. The van der Waals surface area contributed by atoms with E-state index in [0.29, 0.717) is 11.6 Å². The molecule has 1 aromatic rings. The average Bonchev–Trinajstić information content (AvgIpc) is 2.36. The summed E-state index contributed by atoms with van der Waals surface area (Å²) in [7, 11) is 1.95. The van der Waals surface area contributed by atoms with E-state index in [9.17, 15) is 8.42 Å². The highest BCUT2D eigenvalue weighted by Crippen LogP contribution is 2.21. The highest BCUT2D eigenvalue weighted by atomic mass is 35.5. The molecule has 0 saturated heterocycles. The van der Waals surface area contributed by atoms with E-state index in [4.69, 9.17) is 16.3 Å². The molecular weight excluding hydrogens is 300 g/mol. The van der Waals surface area contributed by atoms with Gasteiger partial charge in [0.15, 0.2) is 0 Å². The minimum absolute atomic E-state index is 0.0425. The van der Waals surface area contributed by atoms with E-state index >= 15 is 0 Å². The number of nitrogens with one attached hydrogen (secondary N) is 1. The molecule has 0 heterocycles. The summed E-state index contributed by atoms with van der Waals surface area (Å²) in [6.45, 7) is 0.471. The second-order valence-corrected chi connectivity index (χ2v) is 7.06. The van der Waals surface area contributed by atoms with Crippen LogP contribution in [-0.4, -0.2) is 53.4 Å². The molecule has 0 amide bonds. The summed E-state index contributed by atoms with van der Waals surface area (Å²) in [6, 6.07) is 7.34. The van der Waals surface area contributed by atoms with Crippen LogP contribution in [0.2, 0.25) is 5.02 Å². The van der Waals surface area contributed by atoms with E-state index in [1.807, 2.05) is 37.2 Å². The van der Waals surface area contributed by atoms with Gasteiger partial charge in [0, 0.05) is 24.7 Å². The van der Waals surface area contributed by atoms with Crippen LogP contribution in [0.1, 0.15) is 11.6 Å². The fourth-order valence-corrected chi connectivity index (χ4v) is 2.92. The Hall–Kier alpha value is -0.660. The molecular formula is C13H21ClN2O3S. The van der Waals surface area contributed by atoms with Crippen LogP contribution in [0.5, 0.6) is 0 Å². The fourth-order valence-electron chi connectivity index (χ4n) is 1.78. The standard InChI is InChI=1S/C13H21ClN2O3S/c1-16(2)13(11-5-4-6-12(14)9-11)10-15-20(17,18)8-7-19-3/h4-6,9,13,15H,7-8,10H2,1-3H3. The first-order valence-electron chi connectivity index (χ1n) is 6.24. The monoisotopic (exact) mass is 320 g/mol. The van der Waals surface area contributed by atoms with E-state index in [2.05, 4.69) is 4.72 Å². The summed E-state index contributed by atoms with van der Waals surface area (Å²) in [5.74, 6) is -0.0425. The Morgan fingerprint density at radius 1 is 1.40 bits per heavy atom. The van der Waals surface area contributed by atoms with Gasteiger partial charge in [-0.05, 0) is 31.8 Å². The number of sulfonamides is 1. The minimum atomic E-state index is -3.33. The van der Waals surface area contributed by atoms with Crippen LogP contribution in [0, 0.1) is 0 Å². The second kappa shape index (κ2) is 7.95. The van der Waals surface area contributed by atoms with E-state index in [1.165, 1.54) is 7.11 Å². The summed E-state index contributed by atoms with van der Waals surface area (Å²) in [4.78, 5) is 1.95. The normalized spacial score (nSPS) is 13.7. The van der Waals surface area contributed by atoms with Gasteiger partial charge >= 0.3 is 0 Å². The van der Waals surface area contributed by atoms with Crippen molar-refractivity contribution in [3.05, 3.63) is 34.9 Å². The lowest BCUT2D eigenvalue weighted by molar-refractivity contribution is 0.216. The van der Waals surface area contributed by atoms with E-state index in [-0.39, 0.29) is 18.4 Å². The molecule has 0 aliphatic rings. The Labute approximate surface area is 125 Å². The van der Waals surface area contributed by atoms with Gasteiger partial charge in [-0.15, -0.1) is 0 Å². The number of methoxy groups -OCH3 is 1. The summed E-state index contributed by atoms with van der Waals surface area (Å²) < 4.78 is 30.9. The Kier molecular flexibility index (Phi) is 6.91. The number of rotatable bonds is 8. The first-order chi connectivity index (χ1) is 9.35. The topological polar surface area (TPSA) is 58.6 Å². The molecule has 0 spiro atoms. The van der Waals surface area contributed by atoms with Gasteiger partial charge in [-0.2, -0.15) is 0 Å². The molecule has 20 heavy (non-hydrogen) atoms. The Bertz CT molecular complexity index is 520. The van der Waals surface area contributed by atoms with E-state index in [0.717, 1.165) is 5.56 Å². The molecule has 1 aromatic carbocycles. The van der Waals surface area contributed by atoms with Gasteiger partial charge in [0.05, 0.1) is 12.4 Å². The van der Waals surface area contributed by atoms with Gasteiger partial charge in [0.2, 0.25) is 10.0 Å². The number of hydrogen-bond acceptors (Lipinski definition) is 4. The fraction of sp³-hybridized carbons (Fsp3) is 0.538. The molecule has 0 fully saturated rings. The predicted molar refractivity (Wildman–Crippen MR) is 81.5 cm³/mol. The number of hydrogen-bond donors (Lipinski definition) is 1. The molecule has 0 aromatic heterocycles. The molecule has 0 bridgehead atoms. The maximum atomic E-state index is 11.8. The predicted octanol–water partition coefficient (Wildman–Crippen LogP) is 1.51. The van der Waals surface area contributed by atoms with Crippen molar-refractivity contribution in [2.24, 2.45) is 0 Å². The SMILES string of the molecule is COCCS(=O)(=O)NCC(c1cccc(Cl)c1)N(C)C. The number of benzene rings is 1.